The Hall–Kier alpha value is -1.87. The molecule has 0 spiro atoms. The van der Waals surface area contributed by atoms with Crippen molar-refractivity contribution >= 4 is 27.4 Å². The molecule has 2 rings (SSSR count). The molecular formula is C16H14BrNO. The van der Waals surface area contributed by atoms with Gasteiger partial charge >= 0.3 is 0 Å². The lowest BCUT2D eigenvalue weighted by molar-refractivity contribution is 0.104. The minimum Gasteiger partial charge on any atom is -0.362 e. The van der Waals surface area contributed by atoms with Crippen LogP contribution in [0.25, 0.3) is 0 Å². The second-order valence-electron chi connectivity index (χ2n) is 4.21. The molecule has 2 aromatic rings. The summed E-state index contributed by atoms with van der Waals surface area (Å²) in [6.45, 7) is 2.00. The fraction of sp³-hybridized carbons (Fsp3) is 0.0625. The first-order valence-corrected chi connectivity index (χ1v) is 6.74. The maximum Gasteiger partial charge on any atom is 0.187 e. The molecule has 0 saturated heterocycles. The van der Waals surface area contributed by atoms with Crippen LogP contribution >= 0.6 is 15.9 Å². The van der Waals surface area contributed by atoms with E-state index in [0.717, 1.165) is 15.7 Å². The summed E-state index contributed by atoms with van der Waals surface area (Å²) >= 11 is 3.37. The van der Waals surface area contributed by atoms with Gasteiger partial charge < -0.3 is 5.32 Å². The predicted molar refractivity (Wildman–Crippen MR) is 82.4 cm³/mol. The van der Waals surface area contributed by atoms with Gasteiger partial charge in [0.05, 0.1) is 0 Å². The van der Waals surface area contributed by atoms with Crippen molar-refractivity contribution in [3.05, 3.63) is 76.4 Å². The molecule has 0 fully saturated rings. The zero-order valence-corrected chi connectivity index (χ0v) is 12.1. The SMILES string of the molecule is Cc1ccc(C(=O)/C=C/Nc2ccc(Br)cc2)cc1. The third-order valence-electron chi connectivity index (χ3n) is 2.67. The predicted octanol–water partition coefficient (Wildman–Crippen LogP) is 4.57. The van der Waals surface area contributed by atoms with Crippen LogP contribution in [-0.2, 0) is 0 Å². The summed E-state index contributed by atoms with van der Waals surface area (Å²) in [6, 6.07) is 15.3. The minimum atomic E-state index is -0.00962. The molecule has 19 heavy (non-hydrogen) atoms. The van der Waals surface area contributed by atoms with Crippen LogP contribution in [0.3, 0.4) is 0 Å². The lowest BCUT2D eigenvalue weighted by atomic mass is 10.1. The Kier molecular flexibility index (Phi) is 4.53. The van der Waals surface area contributed by atoms with Crippen LogP contribution in [0.2, 0.25) is 0 Å². The lowest BCUT2D eigenvalue weighted by Gasteiger charge is -2.00. The molecule has 0 saturated carbocycles. The van der Waals surface area contributed by atoms with E-state index < -0.39 is 0 Å². The molecule has 0 radical (unpaired) electrons. The number of hydrogen-bond acceptors (Lipinski definition) is 2. The van der Waals surface area contributed by atoms with Crippen molar-refractivity contribution in [3.8, 4) is 0 Å². The summed E-state index contributed by atoms with van der Waals surface area (Å²) in [7, 11) is 0. The van der Waals surface area contributed by atoms with E-state index in [2.05, 4.69) is 21.2 Å². The van der Waals surface area contributed by atoms with Crippen LogP contribution in [0.5, 0.6) is 0 Å². The van der Waals surface area contributed by atoms with Crippen LogP contribution in [0.4, 0.5) is 5.69 Å². The van der Waals surface area contributed by atoms with Gasteiger partial charge in [-0.05, 0) is 31.2 Å². The highest BCUT2D eigenvalue weighted by atomic mass is 79.9. The van der Waals surface area contributed by atoms with Gasteiger partial charge in [-0.25, -0.2) is 0 Å². The van der Waals surface area contributed by atoms with E-state index in [4.69, 9.17) is 0 Å². The normalized spacial score (nSPS) is 10.6. The first-order valence-electron chi connectivity index (χ1n) is 5.95. The van der Waals surface area contributed by atoms with Gasteiger partial charge in [0, 0.05) is 28.0 Å². The van der Waals surface area contributed by atoms with E-state index in [0.29, 0.717) is 5.56 Å². The van der Waals surface area contributed by atoms with E-state index in [9.17, 15) is 4.79 Å². The Bertz CT molecular complexity index is 585. The molecule has 1 N–H and O–H groups in total. The molecule has 0 aliphatic carbocycles. The molecule has 2 nitrogen and oxygen atoms in total. The summed E-state index contributed by atoms with van der Waals surface area (Å²) in [6.07, 6.45) is 3.19. The van der Waals surface area contributed by atoms with Crippen molar-refractivity contribution in [1.29, 1.82) is 0 Å². The summed E-state index contributed by atoms with van der Waals surface area (Å²) in [5.41, 5.74) is 2.78. The monoisotopic (exact) mass is 315 g/mol. The summed E-state index contributed by atoms with van der Waals surface area (Å²) in [5.74, 6) is -0.00962. The highest BCUT2D eigenvalue weighted by Gasteiger charge is 1.99. The number of anilines is 1. The first-order chi connectivity index (χ1) is 9.15. The zero-order chi connectivity index (χ0) is 13.7. The number of carbonyl (C=O) groups is 1. The van der Waals surface area contributed by atoms with Crippen molar-refractivity contribution in [3.63, 3.8) is 0 Å². The standard InChI is InChI=1S/C16H14BrNO/c1-12-2-4-13(5-3-12)16(19)10-11-18-15-8-6-14(17)7-9-15/h2-11,18H,1H3/b11-10+. The number of nitrogens with one attached hydrogen (secondary N) is 1. The number of hydrogen-bond donors (Lipinski definition) is 1. The Morgan fingerprint density at radius 1 is 1.05 bits per heavy atom. The van der Waals surface area contributed by atoms with Gasteiger partial charge in [0.25, 0.3) is 0 Å². The van der Waals surface area contributed by atoms with Gasteiger partial charge in [-0.3, -0.25) is 4.79 Å². The smallest absolute Gasteiger partial charge is 0.187 e. The fourth-order valence-electron chi connectivity index (χ4n) is 1.57. The quantitative estimate of drug-likeness (QED) is 0.661. The van der Waals surface area contributed by atoms with Crippen LogP contribution < -0.4 is 5.32 Å². The van der Waals surface area contributed by atoms with Crippen LogP contribution in [0, 0.1) is 6.92 Å². The molecule has 2 aromatic carbocycles. The van der Waals surface area contributed by atoms with Gasteiger partial charge in [0.1, 0.15) is 0 Å². The molecule has 0 aromatic heterocycles. The molecule has 0 unspecified atom stereocenters. The lowest BCUT2D eigenvalue weighted by Crippen LogP contribution is -1.96. The molecule has 0 amide bonds. The van der Waals surface area contributed by atoms with Gasteiger partial charge in [0.15, 0.2) is 5.78 Å². The average Bonchev–Trinajstić information content (AvgIpc) is 2.41. The van der Waals surface area contributed by atoms with Crippen molar-refractivity contribution in [1.82, 2.24) is 0 Å². The van der Waals surface area contributed by atoms with Crippen molar-refractivity contribution in [2.75, 3.05) is 5.32 Å². The van der Waals surface area contributed by atoms with E-state index in [1.54, 1.807) is 6.20 Å². The van der Waals surface area contributed by atoms with Crippen LogP contribution in [0.1, 0.15) is 15.9 Å². The second kappa shape index (κ2) is 6.34. The molecular weight excluding hydrogens is 302 g/mol. The molecule has 3 heteroatoms. The molecule has 0 aliphatic heterocycles. The molecule has 0 aliphatic rings. The van der Waals surface area contributed by atoms with E-state index in [1.165, 1.54) is 6.08 Å². The minimum absolute atomic E-state index is 0.00962. The molecule has 0 heterocycles. The Labute approximate surface area is 121 Å². The summed E-state index contributed by atoms with van der Waals surface area (Å²) in [5, 5.41) is 3.06. The summed E-state index contributed by atoms with van der Waals surface area (Å²) < 4.78 is 1.03. The van der Waals surface area contributed by atoms with Crippen molar-refractivity contribution < 1.29 is 4.79 Å². The third-order valence-corrected chi connectivity index (χ3v) is 3.19. The highest BCUT2D eigenvalue weighted by Crippen LogP contribution is 2.14. The van der Waals surface area contributed by atoms with Gasteiger partial charge in [0.2, 0.25) is 0 Å². The van der Waals surface area contributed by atoms with Crippen molar-refractivity contribution in [2.45, 2.75) is 6.92 Å². The fourth-order valence-corrected chi connectivity index (χ4v) is 1.84. The number of ketones is 1. The van der Waals surface area contributed by atoms with Crippen LogP contribution in [0.15, 0.2) is 65.3 Å². The Balaban J connectivity index is 1.97. The van der Waals surface area contributed by atoms with E-state index in [1.807, 2.05) is 55.5 Å². The maximum atomic E-state index is 11.9. The first kappa shape index (κ1) is 13.6. The number of rotatable bonds is 4. The molecule has 0 bridgehead atoms. The number of benzene rings is 2. The average molecular weight is 316 g/mol. The Morgan fingerprint density at radius 2 is 1.68 bits per heavy atom. The molecule has 96 valence electrons. The second-order valence-corrected chi connectivity index (χ2v) is 5.13. The number of allylic oxidation sites excluding steroid dienone is 1. The van der Waals surface area contributed by atoms with Crippen LogP contribution in [-0.4, -0.2) is 5.78 Å². The number of aryl methyl sites for hydroxylation is 1. The highest BCUT2D eigenvalue weighted by molar-refractivity contribution is 9.10. The zero-order valence-electron chi connectivity index (χ0n) is 10.6. The third kappa shape index (κ3) is 4.07. The molecule has 0 atom stereocenters. The topological polar surface area (TPSA) is 29.1 Å². The number of carbonyl (C=O) groups excluding carboxylic acids is 1. The van der Waals surface area contributed by atoms with Gasteiger partial charge in [-0.2, -0.15) is 0 Å². The van der Waals surface area contributed by atoms with Crippen molar-refractivity contribution in [2.24, 2.45) is 0 Å². The maximum absolute atomic E-state index is 11.9. The number of halogens is 1. The largest absolute Gasteiger partial charge is 0.362 e. The van der Waals surface area contributed by atoms with Gasteiger partial charge in [-0.1, -0.05) is 45.8 Å². The van der Waals surface area contributed by atoms with E-state index in [-0.39, 0.29) is 5.78 Å². The van der Waals surface area contributed by atoms with Gasteiger partial charge in [-0.15, -0.1) is 0 Å². The summed E-state index contributed by atoms with van der Waals surface area (Å²) in [4.78, 5) is 11.9. The van der Waals surface area contributed by atoms with E-state index >= 15 is 0 Å². The Morgan fingerprint density at radius 3 is 2.32 bits per heavy atom.